The van der Waals surface area contributed by atoms with Crippen molar-refractivity contribution in [3.63, 3.8) is 0 Å². The molecule has 3 aromatic rings. The number of rotatable bonds is 7. The number of benzene rings is 2. The Labute approximate surface area is 176 Å². The predicted molar refractivity (Wildman–Crippen MR) is 115 cm³/mol. The zero-order valence-electron chi connectivity index (χ0n) is 17.0. The molecule has 5 heteroatoms. The molecule has 0 saturated carbocycles. The number of piperidine rings is 1. The number of hydrogen-bond donors (Lipinski definition) is 0. The number of likely N-dealkylation sites (tertiary alicyclic amines) is 1. The van der Waals surface area contributed by atoms with Gasteiger partial charge >= 0.3 is 0 Å². The smallest absolute Gasteiger partial charge is 0.290 e. The Morgan fingerprint density at radius 3 is 2.43 bits per heavy atom. The van der Waals surface area contributed by atoms with E-state index in [9.17, 15) is 9.18 Å². The first kappa shape index (κ1) is 20.4. The monoisotopic (exact) mass is 406 g/mol. The van der Waals surface area contributed by atoms with Gasteiger partial charge in [-0.05, 0) is 43.0 Å². The van der Waals surface area contributed by atoms with Crippen molar-refractivity contribution in [2.75, 3.05) is 19.6 Å². The fraction of sp³-hybridized carbons (Fsp3) is 0.320. The summed E-state index contributed by atoms with van der Waals surface area (Å²) in [4.78, 5) is 17.3. The minimum absolute atomic E-state index is 0.0650. The van der Waals surface area contributed by atoms with Crippen molar-refractivity contribution in [1.29, 1.82) is 0 Å². The summed E-state index contributed by atoms with van der Waals surface area (Å²) in [5.41, 5.74) is 1.87. The predicted octanol–water partition coefficient (Wildman–Crippen LogP) is 4.77. The van der Waals surface area contributed by atoms with E-state index in [1.54, 1.807) is 35.2 Å². The molecular formula is C25H27FN2O2. The number of hydrogen-bond acceptors (Lipinski definition) is 3. The van der Waals surface area contributed by atoms with Crippen molar-refractivity contribution >= 4 is 5.91 Å². The molecule has 30 heavy (non-hydrogen) atoms. The van der Waals surface area contributed by atoms with Crippen LogP contribution in [0.2, 0.25) is 0 Å². The Balaban J connectivity index is 1.41. The summed E-state index contributed by atoms with van der Waals surface area (Å²) in [6.45, 7) is 3.12. The number of amides is 1. The Bertz CT molecular complexity index is 935. The average molecular weight is 407 g/mol. The molecule has 156 valence electrons. The maximum atomic E-state index is 14.3. The molecule has 0 unspecified atom stereocenters. The summed E-state index contributed by atoms with van der Waals surface area (Å²) in [7, 11) is 0. The third-order valence-corrected chi connectivity index (χ3v) is 5.85. The van der Waals surface area contributed by atoms with Crippen LogP contribution in [0.5, 0.6) is 0 Å². The first-order chi connectivity index (χ1) is 14.7. The summed E-state index contributed by atoms with van der Waals surface area (Å²) < 4.78 is 19.6. The first-order valence-electron chi connectivity index (χ1n) is 10.5. The molecule has 0 atom stereocenters. The molecule has 2 aromatic carbocycles. The van der Waals surface area contributed by atoms with Crippen molar-refractivity contribution < 1.29 is 13.6 Å². The Morgan fingerprint density at radius 1 is 1.00 bits per heavy atom. The van der Waals surface area contributed by atoms with Gasteiger partial charge in [-0.15, -0.1) is 0 Å². The third kappa shape index (κ3) is 4.97. The van der Waals surface area contributed by atoms with Gasteiger partial charge in [-0.25, -0.2) is 4.39 Å². The molecule has 1 aromatic heterocycles. The summed E-state index contributed by atoms with van der Waals surface area (Å²) in [5, 5.41) is 0. The zero-order valence-corrected chi connectivity index (χ0v) is 17.0. The fourth-order valence-corrected chi connectivity index (χ4v) is 4.11. The van der Waals surface area contributed by atoms with E-state index in [1.165, 1.54) is 17.9 Å². The van der Waals surface area contributed by atoms with Crippen LogP contribution in [0.15, 0.2) is 77.4 Å². The van der Waals surface area contributed by atoms with Crippen molar-refractivity contribution in [2.45, 2.75) is 31.8 Å². The molecule has 1 fully saturated rings. The number of furan rings is 1. The number of carbonyl (C=O) groups excluding carboxylic acids is 1. The van der Waals surface area contributed by atoms with Gasteiger partial charge in [-0.2, -0.15) is 0 Å². The highest BCUT2D eigenvalue weighted by atomic mass is 19.1. The minimum atomic E-state index is -0.282. The second-order valence-electron chi connectivity index (χ2n) is 7.81. The lowest BCUT2D eigenvalue weighted by Crippen LogP contribution is -2.47. The summed E-state index contributed by atoms with van der Waals surface area (Å²) in [6, 6.07) is 20.6. The Kier molecular flexibility index (Phi) is 6.60. The maximum Gasteiger partial charge on any atom is 0.290 e. The fourth-order valence-electron chi connectivity index (χ4n) is 4.11. The lowest BCUT2D eigenvalue weighted by atomic mass is 10.0. The maximum absolute atomic E-state index is 14.3. The molecule has 2 heterocycles. The molecule has 0 radical (unpaired) electrons. The van der Waals surface area contributed by atoms with Crippen LogP contribution in [0, 0.1) is 5.82 Å². The van der Waals surface area contributed by atoms with Crippen molar-refractivity contribution in [1.82, 2.24) is 9.80 Å². The second kappa shape index (κ2) is 9.72. The van der Waals surface area contributed by atoms with Gasteiger partial charge in [0.1, 0.15) is 5.82 Å². The van der Waals surface area contributed by atoms with Crippen LogP contribution in [0.1, 0.15) is 34.5 Å². The number of halogens is 1. The second-order valence-corrected chi connectivity index (χ2v) is 7.81. The molecule has 1 amide bonds. The van der Waals surface area contributed by atoms with Gasteiger partial charge in [0.15, 0.2) is 5.76 Å². The van der Waals surface area contributed by atoms with Crippen LogP contribution in [0.25, 0.3) is 0 Å². The topological polar surface area (TPSA) is 36.7 Å². The molecule has 4 rings (SSSR count). The van der Waals surface area contributed by atoms with E-state index in [2.05, 4.69) is 29.2 Å². The van der Waals surface area contributed by atoms with Gasteiger partial charge in [0.2, 0.25) is 0 Å². The minimum Gasteiger partial charge on any atom is -0.459 e. The molecule has 1 aliphatic heterocycles. The van der Waals surface area contributed by atoms with Gasteiger partial charge in [0, 0.05) is 37.8 Å². The van der Waals surface area contributed by atoms with E-state index in [4.69, 9.17) is 4.42 Å². The van der Waals surface area contributed by atoms with E-state index in [-0.39, 0.29) is 24.3 Å². The normalized spacial score (nSPS) is 15.2. The third-order valence-electron chi connectivity index (χ3n) is 5.85. The van der Waals surface area contributed by atoms with Gasteiger partial charge in [-0.3, -0.25) is 4.79 Å². The SMILES string of the molecule is O=C(c1ccco1)N(Cc1ccccc1F)C1CCN(CCc2ccccc2)CC1. The van der Waals surface area contributed by atoms with Crippen LogP contribution >= 0.6 is 0 Å². The quantitative estimate of drug-likeness (QED) is 0.567. The largest absolute Gasteiger partial charge is 0.459 e. The molecule has 0 bridgehead atoms. The Morgan fingerprint density at radius 2 is 1.73 bits per heavy atom. The van der Waals surface area contributed by atoms with Gasteiger partial charge in [0.05, 0.1) is 6.26 Å². The van der Waals surface area contributed by atoms with Gasteiger partial charge in [-0.1, -0.05) is 48.5 Å². The van der Waals surface area contributed by atoms with E-state index in [0.717, 1.165) is 38.9 Å². The van der Waals surface area contributed by atoms with Crippen molar-refractivity contribution in [3.8, 4) is 0 Å². The van der Waals surface area contributed by atoms with Crippen molar-refractivity contribution in [2.24, 2.45) is 0 Å². The van der Waals surface area contributed by atoms with E-state index in [1.807, 2.05) is 6.07 Å². The van der Waals surface area contributed by atoms with Crippen LogP contribution in [-0.2, 0) is 13.0 Å². The number of nitrogens with zero attached hydrogens (tertiary/aromatic N) is 2. The highest BCUT2D eigenvalue weighted by molar-refractivity contribution is 5.91. The molecule has 0 aliphatic carbocycles. The van der Waals surface area contributed by atoms with Crippen molar-refractivity contribution in [3.05, 3.63) is 95.7 Å². The number of carbonyl (C=O) groups is 1. The first-order valence-corrected chi connectivity index (χ1v) is 10.5. The van der Waals surface area contributed by atoms with Crippen LogP contribution in [0.3, 0.4) is 0 Å². The van der Waals surface area contributed by atoms with Gasteiger partial charge in [0.25, 0.3) is 5.91 Å². The summed E-state index contributed by atoms with van der Waals surface area (Å²) in [6.07, 6.45) is 4.27. The zero-order chi connectivity index (χ0) is 20.8. The highest BCUT2D eigenvalue weighted by Crippen LogP contribution is 2.23. The van der Waals surface area contributed by atoms with Crippen LogP contribution in [-0.4, -0.2) is 41.4 Å². The molecule has 4 nitrogen and oxygen atoms in total. The van der Waals surface area contributed by atoms with E-state index in [0.29, 0.717) is 11.3 Å². The molecule has 0 spiro atoms. The summed E-state index contributed by atoms with van der Waals surface area (Å²) >= 11 is 0. The lowest BCUT2D eigenvalue weighted by molar-refractivity contribution is 0.0518. The van der Waals surface area contributed by atoms with E-state index < -0.39 is 0 Å². The molecule has 1 saturated heterocycles. The Hall–Kier alpha value is -2.92. The average Bonchev–Trinajstić information content (AvgIpc) is 3.33. The summed E-state index contributed by atoms with van der Waals surface area (Å²) in [5.74, 6) is -0.154. The molecule has 1 aliphatic rings. The van der Waals surface area contributed by atoms with Crippen LogP contribution in [0.4, 0.5) is 4.39 Å². The standard InChI is InChI=1S/C25H27FN2O2/c26-23-10-5-4-9-21(23)19-28(25(29)24-11-6-18-30-24)22-13-16-27(17-14-22)15-12-20-7-2-1-3-8-20/h1-11,18,22H,12-17,19H2. The highest BCUT2D eigenvalue weighted by Gasteiger charge is 2.30. The van der Waals surface area contributed by atoms with Gasteiger partial charge < -0.3 is 14.2 Å². The van der Waals surface area contributed by atoms with Crippen LogP contribution < -0.4 is 0 Å². The molecular weight excluding hydrogens is 379 g/mol. The van der Waals surface area contributed by atoms with E-state index >= 15 is 0 Å². The molecule has 0 N–H and O–H groups in total. The lowest BCUT2D eigenvalue weighted by Gasteiger charge is -2.38.